The predicted molar refractivity (Wildman–Crippen MR) is 135 cm³/mol. The van der Waals surface area contributed by atoms with Crippen LogP contribution in [0, 0.1) is 0 Å². The van der Waals surface area contributed by atoms with Crippen LogP contribution in [0.25, 0.3) is 11.2 Å². The van der Waals surface area contributed by atoms with E-state index in [0.29, 0.717) is 23.7 Å². The fourth-order valence-corrected chi connectivity index (χ4v) is 4.80. The minimum absolute atomic E-state index is 0.193. The van der Waals surface area contributed by atoms with Crippen molar-refractivity contribution in [1.82, 2.24) is 33.9 Å². The first kappa shape index (κ1) is 23.2. The van der Waals surface area contributed by atoms with Crippen molar-refractivity contribution in [3.8, 4) is 0 Å². The molecule has 0 radical (unpaired) electrons. The SMILES string of the molecule is CCOC(=O)C1(c2cccn3cc(Cn4cc(C(=O)NCc5ncn6ccc(Cl)cc56)cn4)nc23)CC1. The molecule has 11 heteroatoms. The van der Waals surface area contributed by atoms with Gasteiger partial charge < -0.3 is 18.9 Å². The molecule has 0 bridgehead atoms. The highest BCUT2D eigenvalue weighted by Crippen LogP contribution is 2.50. The van der Waals surface area contributed by atoms with Gasteiger partial charge in [-0.15, -0.1) is 0 Å². The van der Waals surface area contributed by atoms with Crippen molar-refractivity contribution >= 4 is 34.6 Å². The number of rotatable bonds is 8. The van der Waals surface area contributed by atoms with Crippen LogP contribution in [0.3, 0.4) is 0 Å². The molecule has 1 N–H and O–H groups in total. The molecule has 37 heavy (non-hydrogen) atoms. The minimum Gasteiger partial charge on any atom is -0.465 e. The van der Waals surface area contributed by atoms with Crippen LogP contribution in [0.4, 0.5) is 0 Å². The van der Waals surface area contributed by atoms with E-state index in [9.17, 15) is 9.59 Å². The quantitative estimate of drug-likeness (QED) is 0.316. The lowest BCUT2D eigenvalue weighted by molar-refractivity contribution is -0.146. The fourth-order valence-electron chi connectivity index (χ4n) is 4.64. The molecular weight excluding hydrogens is 494 g/mol. The maximum Gasteiger partial charge on any atom is 0.316 e. The lowest BCUT2D eigenvalue weighted by Gasteiger charge is -2.14. The molecule has 1 aliphatic rings. The van der Waals surface area contributed by atoms with E-state index in [0.717, 1.165) is 41.0 Å². The zero-order valence-corrected chi connectivity index (χ0v) is 20.9. The van der Waals surface area contributed by atoms with E-state index in [1.54, 1.807) is 23.3 Å². The van der Waals surface area contributed by atoms with Crippen LogP contribution in [0.15, 0.2) is 61.6 Å². The number of carbonyl (C=O) groups is 2. The van der Waals surface area contributed by atoms with E-state index in [2.05, 4.69) is 15.4 Å². The summed E-state index contributed by atoms with van der Waals surface area (Å²) in [5.41, 5.74) is 3.78. The number of ether oxygens (including phenoxy) is 1. The maximum atomic E-state index is 12.7. The number of fused-ring (bicyclic) bond motifs is 2. The molecule has 5 heterocycles. The van der Waals surface area contributed by atoms with E-state index in [1.807, 2.05) is 52.5 Å². The predicted octanol–water partition coefficient (Wildman–Crippen LogP) is 3.40. The van der Waals surface area contributed by atoms with Crippen LogP contribution in [0.1, 0.15) is 47.1 Å². The van der Waals surface area contributed by atoms with Gasteiger partial charge in [0.15, 0.2) is 0 Å². The molecule has 0 aliphatic heterocycles. The zero-order valence-electron chi connectivity index (χ0n) is 20.1. The Morgan fingerprint density at radius 1 is 1.19 bits per heavy atom. The van der Waals surface area contributed by atoms with Gasteiger partial charge in [-0.2, -0.15) is 5.10 Å². The van der Waals surface area contributed by atoms with Crippen molar-refractivity contribution in [3.63, 3.8) is 0 Å². The van der Waals surface area contributed by atoms with E-state index in [-0.39, 0.29) is 18.4 Å². The molecule has 0 atom stereocenters. The summed E-state index contributed by atoms with van der Waals surface area (Å²) < 4.78 is 10.8. The zero-order chi connectivity index (χ0) is 25.6. The van der Waals surface area contributed by atoms with Gasteiger partial charge in [0.1, 0.15) is 5.65 Å². The van der Waals surface area contributed by atoms with E-state index in [1.165, 1.54) is 6.20 Å². The Hall–Kier alpha value is -4.18. The van der Waals surface area contributed by atoms with Crippen molar-refractivity contribution in [2.45, 2.75) is 38.3 Å². The number of carbonyl (C=O) groups excluding carboxylic acids is 2. The van der Waals surface area contributed by atoms with Crippen molar-refractivity contribution in [2.24, 2.45) is 0 Å². The molecule has 5 aromatic rings. The molecule has 5 aromatic heterocycles. The number of amides is 1. The standard InChI is InChI=1S/C26H24ClN7O3/c1-2-37-25(36)26(6-7-26)20-4-3-8-32-14-19(31-23(20)32)15-34-13-17(11-30-34)24(35)28-12-21-22-10-18(27)5-9-33(22)16-29-21/h3-5,8-11,13-14,16H,2,6-7,12,15H2,1H3,(H,28,35). The molecule has 188 valence electrons. The Kier molecular flexibility index (Phi) is 5.68. The molecule has 10 nitrogen and oxygen atoms in total. The second-order valence-electron chi connectivity index (χ2n) is 9.13. The van der Waals surface area contributed by atoms with Crippen LogP contribution in [-0.2, 0) is 28.0 Å². The van der Waals surface area contributed by atoms with Crippen LogP contribution in [0.5, 0.6) is 0 Å². The van der Waals surface area contributed by atoms with Crippen molar-refractivity contribution < 1.29 is 14.3 Å². The Bertz CT molecular complexity index is 1650. The minimum atomic E-state index is -0.607. The van der Waals surface area contributed by atoms with E-state index < -0.39 is 5.41 Å². The van der Waals surface area contributed by atoms with Crippen LogP contribution >= 0.6 is 11.6 Å². The molecule has 1 saturated carbocycles. The number of pyridine rings is 2. The smallest absolute Gasteiger partial charge is 0.316 e. The Morgan fingerprint density at radius 3 is 2.86 bits per heavy atom. The number of imidazole rings is 2. The van der Waals surface area contributed by atoms with Crippen molar-refractivity contribution in [1.29, 1.82) is 0 Å². The number of halogens is 1. The molecule has 6 rings (SSSR count). The van der Waals surface area contributed by atoms with Crippen molar-refractivity contribution in [2.75, 3.05) is 6.61 Å². The molecule has 0 saturated heterocycles. The highest BCUT2D eigenvalue weighted by Gasteiger charge is 2.54. The lowest BCUT2D eigenvalue weighted by atomic mass is 9.97. The summed E-state index contributed by atoms with van der Waals surface area (Å²) in [7, 11) is 0. The van der Waals surface area contributed by atoms with E-state index in [4.69, 9.17) is 21.3 Å². The Labute approximate surface area is 216 Å². The third-order valence-corrected chi connectivity index (χ3v) is 6.92. The van der Waals surface area contributed by atoms with Gasteiger partial charge in [0.25, 0.3) is 5.91 Å². The summed E-state index contributed by atoms with van der Waals surface area (Å²) >= 11 is 6.10. The van der Waals surface area contributed by atoms with Crippen LogP contribution in [0.2, 0.25) is 5.02 Å². The van der Waals surface area contributed by atoms with Gasteiger partial charge in [0, 0.05) is 35.4 Å². The van der Waals surface area contributed by atoms with Gasteiger partial charge in [-0.05, 0) is 38.0 Å². The van der Waals surface area contributed by atoms with Gasteiger partial charge in [-0.25, -0.2) is 9.97 Å². The summed E-state index contributed by atoms with van der Waals surface area (Å²) in [4.78, 5) is 34.5. The number of nitrogens with zero attached hydrogens (tertiary/aromatic N) is 6. The monoisotopic (exact) mass is 517 g/mol. The number of hydrogen-bond donors (Lipinski definition) is 1. The highest BCUT2D eigenvalue weighted by molar-refractivity contribution is 6.30. The van der Waals surface area contributed by atoms with Crippen LogP contribution in [-0.4, -0.2) is 47.0 Å². The third kappa shape index (κ3) is 4.23. The number of esters is 1. The summed E-state index contributed by atoms with van der Waals surface area (Å²) in [5.74, 6) is -0.446. The second-order valence-corrected chi connectivity index (χ2v) is 9.56. The molecule has 1 fully saturated rings. The molecule has 1 amide bonds. The number of aromatic nitrogens is 6. The molecule has 1 aliphatic carbocycles. The van der Waals surface area contributed by atoms with E-state index >= 15 is 0 Å². The van der Waals surface area contributed by atoms with Gasteiger partial charge in [0.05, 0.1) is 60.1 Å². The summed E-state index contributed by atoms with van der Waals surface area (Å²) in [6, 6.07) is 7.46. The van der Waals surface area contributed by atoms with Gasteiger partial charge >= 0.3 is 5.97 Å². The second kappa shape index (κ2) is 9.04. The summed E-state index contributed by atoms with van der Waals surface area (Å²) in [5, 5.41) is 7.84. The number of nitrogens with one attached hydrogen (secondary N) is 1. The Morgan fingerprint density at radius 2 is 2.05 bits per heavy atom. The Balaban J connectivity index is 1.16. The molecular formula is C26H24ClN7O3. The van der Waals surface area contributed by atoms with Gasteiger partial charge in [-0.3, -0.25) is 14.3 Å². The molecule has 0 unspecified atom stereocenters. The first-order chi connectivity index (χ1) is 18.0. The average Bonchev–Trinajstić information content (AvgIpc) is 3.20. The normalized spacial score (nSPS) is 14.2. The molecule has 0 spiro atoms. The summed E-state index contributed by atoms with van der Waals surface area (Å²) in [6.07, 6.45) is 12.1. The first-order valence-corrected chi connectivity index (χ1v) is 12.4. The van der Waals surface area contributed by atoms with Gasteiger partial charge in [0.2, 0.25) is 0 Å². The van der Waals surface area contributed by atoms with Crippen molar-refractivity contribution in [3.05, 3.63) is 89.1 Å². The van der Waals surface area contributed by atoms with Crippen LogP contribution < -0.4 is 5.32 Å². The highest BCUT2D eigenvalue weighted by atomic mass is 35.5. The largest absolute Gasteiger partial charge is 0.465 e. The maximum absolute atomic E-state index is 12.7. The molecule has 0 aromatic carbocycles. The summed E-state index contributed by atoms with van der Waals surface area (Å²) in [6.45, 7) is 2.81. The van der Waals surface area contributed by atoms with Gasteiger partial charge in [-0.1, -0.05) is 17.7 Å². The fraction of sp³-hybridized carbons (Fsp3) is 0.269. The first-order valence-electron chi connectivity index (χ1n) is 12.0. The average molecular weight is 518 g/mol. The number of hydrogen-bond acceptors (Lipinski definition) is 6. The topological polar surface area (TPSA) is 108 Å². The third-order valence-electron chi connectivity index (χ3n) is 6.68. The lowest BCUT2D eigenvalue weighted by Crippen LogP contribution is -2.24.